The summed E-state index contributed by atoms with van der Waals surface area (Å²) < 4.78 is 0. The van der Waals surface area contributed by atoms with E-state index >= 15 is 0 Å². The predicted octanol–water partition coefficient (Wildman–Crippen LogP) is 3.00. The maximum Gasteiger partial charge on any atom is 0.0574 e. The third-order valence-corrected chi connectivity index (χ3v) is 5.15. The van der Waals surface area contributed by atoms with Crippen molar-refractivity contribution >= 4 is 0 Å². The van der Waals surface area contributed by atoms with Crippen molar-refractivity contribution in [3.8, 4) is 0 Å². The molecule has 3 rings (SSSR count). The summed E-state index contributed by atoms with van der Waals surface area (Å²) in [6, 6.07) is 0. The maximum absolute atomic E-state index is 10.2. The van der Waals surface area contributed by atoms with Crippen LogP contribution in [0, 0.1) is 29.6 Å². The lowest BCUT2D eigenvalue weighted by Gasteiger charge is -2.14. The van der Waals surface area contributed by atoms with Crippen LogP contribution in [0.25, 0.3) is 0 Å². The number of unbranched alkanes of at least 4 members (excludes halogenated alkanes) is 1. The second-order valence-electron chi connectivity index (χ2n) is 5.85. The lowest BCUT2D eigenvalue weighted by Crippen LogP contribution is -2.15. The molecule has 3 aliphatic rings. The summed E-state index contributed by atoms with van der Waals surface area (Å²) in [5.41, 5.74) is 0. The van der Waals surface area contributed by atoms with Crippen molar-refractivity contribution in [3.05, 3.63) is 12.7 Å². The van der Waals surface area contributed by atoms with Crippen molar-refractivity contribution in [2.24, 2.45) is 29.6 Å². The van der Waals surface area contributed by atoms with Gasteiger partial charge in [0.15, 0.2) is 0 Å². The fourth-order valence-corrected chi connectivity index (χ4v) is 4.57. The maximum atomic E-state index is 10.2. The molecular weight excluding hydrogens is 184 g/mol. The number of hydrogen-bond donors (Lipinski definition) is 1. The van der Waals surface area contributed by atoms with Crippen molar-refractivity contribution in [2.45, 2.75) is 44.6 Å². The molecule has 0 heterocycles. The van der Waals surface area contributed by atoms with Crippen LogP contribution in [0.2, 0.25) is 0 Å². The van der Waals surface area contributed by atoms with Gasteiger partial charge in [-0.05, 0) is 68.1 Å². The highest BCUT2D eigenvalue weighted by molar-refractivity contribution is 5.14. The number of allylic oxidation sites excluding steroid dienone is 1. The minimum absolute atomic E-state index is 0.00310. The van der Waals surface area contributed by atoms with E-state index in [9.17, 15) is 5.11 Å². The zero-order chi connectivity index (χ0) is 10.4. The van der Waals surface area contributed by atoms with Crippen molar-refractivity contribution in [2.75, 3.05) is 0 Å². The highest BCUT2D eigenvalue weighted by Crippen LogP contribution is 2.70. The first-order valence-corrected chi connectivity index (χ1v) is 6.62. The van der Waals surface area contributed by atoms with Crippen LogP contribution in [0.3, 0.4) is 0 Å². The molecule has 0 spiro atoms. The van der Waals surface area contributed by atoms with E-state index in [1.807, 2.05) is 6.08 Å². The van der Waals surface area contributed by atoms with Crippen LogP contribution in [0.1, 0.15) is 38.5 Å². The van der Waals surface area contributed by atoms with E-state index in [0.29, 0.717) is 5.92 Å². The highest BCUT2D eigenvalue weighted by atomic mass is 16.3. The molecule has 0 aromatic carbocycles. The summed E-state index contributed by atoms with van der Waals surface area (Å²) >= 11 is 0. The Morgan fingerprint density at radius 1 is 1.27 bits per heavy atom. The van der Waals surface area contributed by atoms with E-state index in [1.165, 1.54) is 19.3 Å². The Morgan fingerprint density at radius 2 is 1.93 bits per heavy atom. The van der Waals surface area contributed by atoms with Crippen LogP contribution in [0.15, 0.2) is 12.7 Å². The second-order valence-corrected chi connectivity index (χ2v) is 5.85. The fraction of sp³-hybridized carbons (Fsp3) is 0.857. The van der Waals surface area contributed by atoms with Crippen molar-refractivity contribution < 1.29 is 5.11 Å². The highest BCUT2D eigenvalue weighted by Gasteiger charge is 2.66. The quantitative estimate of drug-likeness (QED) is 0.541. The Balaban J connectivity index is 1.51. The Hall–Kier alpha value is -0.300. The molecule has 3 fully saturated rings. The van der Waals surface area contributed by atoms with Gasteiger partial charge in [0.2, 0.25) is 0 Å². The average Bonchev–Trinajstić information content (AvgIpc) is 2.68. The fourth-order valence-electron chi connectivity index (χ4n) is 4.57. The molecule has 0 aromatic heterocycles. The molecule has 3 aliphatic carbocycles. The summed E-state index contributed by atoms with van der Waals surface area (Å²) in [4.78, 5) is 0. The molecule has 0 radical (unpaired) electrons. The minimum Gasteiger partial charge on any atom is -0.393 e. The smallest absolute Gasteiger partial charge is 0.0574 e. The number of fused-ring (bicyclic) bond motifs is 5. The van der Waals surface area contributed by atoms with E-state index in [2.05, 4.69) is 6.58 Å². The van der Waals surface area contributed by atoms with Crippen LogP contribution >= 0.6 is 0 Å². The summed E-state index contributed by atoms with van der Waals surface area (Å²) in [6.07, 6.45) is 9.56. The summed E-state index contributed by atoms with van der Waals surface area (Å²) in [6.45, 7) is 3.73. The van der Waals surface area contributed by atoms with Crippen LogP contribution in [0.4, 0.5) is 0 Å². The van der Waals surface area contributed by atoms with Gasteiger partial charge < -0.3 is 5.11 Å². The summed E-state index contributed by atoms with van der Waals surface area (Å²) in [7, 11) is 0. The van der Waals surface area contributed by atoms with Gasteiger partial charge in [0.1, 0.15) is 0 Å². The van der Waals surface area contributed by atoms with Gasteiger partial charge >= 0.3 is 0 Å². The van der Waals surface area contributed by atoms with E-state index in [1.54, 1.807) is 0 Å². The molecule has 1 N–H and O–H groups in total. The standard InChI is InChI=1S/C14H22O/c1-2-3-4-5-11(15)14-12-9-6-7-10(8-9)13(12)14/h2,9-15H,1,3-8H2. The van der Waals surface area contributed by atoms with Crippen molar-refractivity contribution in [1.29, 1.82) is 0 Å². The zero-order valence-corrected chi connectivity index (χ0v) is 9.44. The van der Waals surface area contributed by atoms with Crippen molar-refractivity contribution in [3.63, 3.8) is 0 Å². The number of rotatable bonds is 5. The largest absolute Gasteiger partial charge is 0.393 e. The van der Waals surface area contributed by atoms with Gasteiger partial charge in [0, 0.05) is 0 Å². The van der Waals surface area contributed by atoms with Gasteiger partial charge in [0.05, 0.1) is 6.10 Å². The predicted molar refractivity (Wildman–Crippen MR) is 61.4 cm³/mol. The molecule has 1 nitrogen and oxygen atoms in total. The molecule has 1 heteroatoms. The van der Waals surface area contributed by atoms with Crippen molar-refractivity contribution in [1.82, 2.24) is 0 Å². The molecular formula is C14H22O. The zero-order valence-electron chi connectivity index (χ0n) is 9.44. The molecule has 5 atom stereocenters. The van der Waals surface area contributed by atoms with E-state index in [0.717, 1.165) is 42.9 Å². The third-order valence-electron chi connectivity index (χ3n) is 5.15. The number of aliphatic hydroxyl groups is 1. The van der Waals surface area contributed by atoms with Crippen LogP contribution in [-0.2, 0) is 0 Å². The van der Waals surface area contributed by atoms with E-state index in [4.69, 9.17) is 0 Å². The summed E-state index contributed by atoms with van der Waals surface area (Å²) in [5, 5.41) is 10.2. The molecule has 0 aliphatic heterocycles. The molecule has 0 aromatic rings. The molecule has 2 bridgehead atoms. The molecule has 0 amide bonds. The molecule has 5 unspecified atom stereocenters. The van der Waals surface area contributed by atoms with Crippen LogP contribution in [0.5, 0.6) is 0 Å². The molecule has 84 valence electrons. The lowest BCUT2D eigenvalue weighted by molar-refractivity contribution is 0.117. The first-order chi connectivity index (χ1) is 7.33. The van der Waals surface area contributed by atoms with Gasteiger partial charge in [-0.25, -0.2) is 0 Å². The molecule has 0 saturated heterocycles. The van der Waals surface area contributed by atoms with E-state index in [-0.39, 0.29) is 6.10 Å². The van der Waals surface area contributed by atoms with E-state index < -0.39 is 0 Å². The second kappa shape index (κ2) is 3.62. The Morgan fingerprint density at radius 3 is 2.53 bits per heavy atom. The first-order valence-electron chi connectivity index (χ1n) is 6.62. The van der Waals surface area contributed by atoms with Gasteiger partial charge in [0.25, 0.3) is 0 Å². The number of aliphatic hydroxyl groups excluding tert-OH is 1. The van der Waals surface area contributed by atoms with Gasteiger partial charge in [-0.3, -0.25) is 0 Å². The molecule has 15 heavy (non-hydrogen) atoms. The monoisotopic (exact) mass is 206 g/mol. The minimum atomic E-state index is 0.00310. The normalized spacial score (nSPS) is 47.7. The Kier molecular flexibility index (Phi) is 2.39. The molecule has 3 saturated carbocycles. The van der Waals surface area contributed by atoms with Gasteiger partial charge in [-0.15, -0.1) is 6.58 Å². The van der Waals surface area contributed by atoms with Gasteiger partial charge in [-0.2, -0.15) is 0 Å². The topological polar surface area (TPSA) is 20.2 Å². The van der Waals surface area contributed by atoms with Crippen LogP contribution < -0.4 is 0 Å². The van der Waals surface area contributed by atoms with Gasteiger partial charge in [-0.1, -0.05) is 6.08 Å². The summed E-state index contributed by atoms with van der Waals surface area (Å²) in [5.74, 6) is 4.56. The Labute approximate surface area is 92.6 Å². The average molecular weight is 206 g/mol. The van der Waals surface area contributed by atoms with Crippen LogP contribution in [-0.4, -0.2) is 11.2 Å². The lowest BCUT2D eigenvalue weighted by atomic mass is 9.96. The Bertz CT molecular complexity index is 244. The SMILES string of the molecule is C=CCCCC(O)C1C2C3CCC(C3)C12. The third kappa shape index (κ3) is 1.47. The number of hydrogen-bond acceptors (Lipinski definition) is 1. The first kappa shape index (κ1) is 9.89.